The van der Waals surface area contributed by atoms with Gasteiger partial charge in [-0.05, 0) is 95.0 Å². The number of pyridine rings is 2. The van der Waals surface area contributed by atoms with Gasteiger partial charge in [0.25, 0.3) is 5.56 Å². The summed E-state index contributed by atoms with van der Waals surface area (Å²) in [5.41, 5.74) is 5.13. The van der Waals surface area contributed by atoms with E-state index in [9.17, 15) is 14.4 Å². The fourth-order valence-electron chi connectivity index (χ4n) is 5.53. The second kappa shape index (κ2) is 11.6. The fourth-order valence-corrected chi connectivity index (χ4v) is 5.53. The molecule has 9 heteroatoms. The third-order valence-electron chi connectivity index (χ3n) is 8.51. The molecule has 4 heterocycles. The summed E-state index contributed by atoms with van der Waals surface area (Å²) in [7, 11) is 1.72. The molecule has 0 radical (unpaired) electrons. The van der Waals surface area contributed by atoms with Crippen LogP contribution in [0.1, 0.15) is 48.3 Å². The molecule has 0 aliphatic carbocycles. The van der Waals surface area contributed by atoms with Crippen molar-refractivity contribution in [2.75, 3.05) is 30.4 Å². The predicted molar refractivity (Wildman–Crippen MR) is 165 cm³/mol. The first-order chi connectivity index (χ1) is 20.0. The molecule has 9 nitrogen and oxygen atoms in total. The van der Waals surface area contributed by atoms with Gasteiger partial charge in [-0.1, -0.05) is 6.07 Å². The number of amides is 2. The summed E-state index contributed by atoms with van der Waals surface area (Å²) < 4.78 is 7.51. The monoisotopic (exact) mass is 569 g/mol. The molecule has 2 amide bonds. The van der Waals surface area contributed by atoms with Gasteiger partial charge in [0.2, 0.25) is 11.8 Å². The van der Waals surface area contributed by atoms with E-state index in [2.05, 4.69) is 22.1 Å². The Labute approximate surface area is 246 Å². The number of benzene rings is 1. The lowest BCUT2D eigenvalue weighted by atomic mass is 9.91. The summed E-state index contributed by atoms with van der Waals surface area (Å²) in [6.45, 7) is 12.0. The topological polar surface area (TPSA) is 101 Å². The highest BCUT2D eigenvalue weighted by Crippen LogP contribution is 2.35. The number of hydrogen-bond donors (Lipinski definition) is 1. The minimum absolute atomic E-state index is 0.0294. The Morgan fingerprint density at radius 3 is 2.60 bits per heavy atom. The molecule has 3 aromatic heterocycles. The maximum absolute atomic E-state index is 13.3. The average Bonchev–Trinajstić information content (AvgIpc) is 3.23. The molecule has 5 rings (SSSR count). The number of furan rings is 1. The molecule has 1 N–H and O–H groups in total. The third kappa shape index (κ3) is 5.61. The number of rotatable bonds is 9. The van der Waals surface area contributed by atoms with Gasteiger partial charge in [0, 0.05) is 50.8 Å². The maximum atomic E-state index is 13.3. The molecular formula is C33H39N5O4. The number of aryl methyl sites for hydroxylation is 4. The summed E-state index contributed by atoms with van der Waals surface area (Å²) >= 11 is 0. The second-order valence-electron chi connectivity index (χ2n) is 11.8. The quantitative estimate of drug-likeness (QED) is 0.285. The number of aromatic nitrogens is 2. The van der Waals surface area contributed by atoms with Gasteiger partial charge in [-0.2, -0.15) is 0 Å². The Morgan fingerprint density at radius 2 is 1.83 bits per heavy atom. The fraction of sp³-hybridized carbons (Fsp3) is 0.394. The first-order valence-electron chi connectivity index (χ1n) is 14.4. The van der Waals surface area contributed by atoms with Crippen molar-refractivity contribution in [2.24, 2.45) is 5.41 Å². The number of carbonyl (C=O) groups is 2. The normalized spacial score (nSPS) is 14.8. The molecule has 0 atom stereocenters. The molecular weight excluding hydrogens is 530 g/mol. The summed E-state index contributed by atoms with van der Waals surface area (Å²) in [6, 6.07) is 9.77. The van der Waals surface area contributed by atoms with E-state index in [4.69, 9.17) is 4.42 Å². The second-order valence-corrected chi connectivity index (χ2v) is 11.8. The van der Waals surface area contributed by atoms with Gasteiger partial charge >= 0.3 is 0 Å². The number of nitrogens with one attached hydrogen (secondary N) is 1. The molecule has 0 bridgehead atoms. The van der Waals surface area contributed by atoms with Gasteiger partial charge in [0.15, 0.2) is 0 Å². The Kier molecular flexibility index (Phi) is 8.06. The number of carbonyl (C=O) groups excluding carboxylic acids is 2. The van der Waals surface area contributed by atoms with E-state index in [0.29, 0.717) is 35.4 Å². The Hall–Kier alpha value is -4.24. The van der Waals surface area contributed by atoms with Crippen LogP contribution < -0.4 is 15.8 Å². The Balaban J connectivity index is 1.31. The predicted octanol–water partition coefficient (Wildman–Crippen LogP) is 4.99. The molecule has 42 heavy (non-hydrogen) atoms. The first kappa shape index (κ1) is 29.3. The minimum atomic E-state index is -1.14. The van der Waals surface area contributed by atoms with Gasteiger partial charge in [0.05, 0.1) is 16.8 Å². The molecule has 220 valence electrons. The van der Waals surface area contributed by atoms with Crippen molar-refractivity contribution in [1.29, 1.82) is 0 Å². The van der Waals surface area contributed by atoms with Crippen molar-refractivity contribution in [3.63, 3.8) is 0 Å². The standard InChI is InChI=1S/C33H39N5O4/c1-21-11-13-34-19-25(21)20-37(16-17-38-15-12-28-29(30(38)39)22(2)23(3)42-28)14-7-8-24-9-10-26-27(18-24)36(6)32(41)33(4,5)31(40)35-26/h9-13,15,18-19H,7-8,14,16-17,20H2,1-6H3,(H,35,40). The van der Waals surface area contributed by atoms with Crippen LogP contribution in [0.25, 0.3) is 11.0 Å². The van der Waals surface area contributed by atoms with E-state index in [0.717, 1.165) is 48.4 Å². The number of nitrogens with zero attached hydrogens (tertiary/aromatic N) is 4. The van der Waals surface area contributed by atoms with Crippen LogP contribution in [0.2, 0.25) is 0 Å². The molecule has 4 aromatic rings. The molecule has 0 fully saturated rings. The van der Waals surface area contributed by atoms with Crippen molar-refractivity contribution in [3.05, 3.63) is 87.3 Å². The van der Waals surface area contributed by atoms with Crippen LogP contribution in [0.15, 0.2) is 58.1 Å². The molecule has 1 aromatic carbocycles. The summed E-state index contributed by atoms with van der Waals surface area (Å²) in [5.74, 6) is 0.236. The van der Waals surface area contributed by atoms with Crippen LogP contribution in [-0.2, 0) is 29.1 Å². The highest BCUT2D eigenvalue weighted by Gasteiger charge is 2.41. The zero-order chi connectivity index (χ0) is 30.2. The van der Waals surface area contributed by atoms with E-state index in [1.165, 1.54) is 5.56 Å². The maximum Gasteiger partial charge on any atom is 0.262 e. The highest BCUT2D eigenvalue weighted by atomic mass is 16.3. The van der Waals surface area contributed by atoms with Crippen molar-refractivity contribution in [1.82, 2.24) is 14.5 Å². The summed E-state index contributed by atoms with van der Waals surface area (Å²) in [5, 5.41) is 3.56. The average molecular weight is 570 g/mol. The Morgan fingerprint density at radius 1 is 1.05 bits per heavy atom. The lowest BCUT2D eigenvalue weighted by Gasteiger charge is -2.25. The van der Waals surface area contributed by atoms with Crippen LogP contribution in [0, 0.1) is 26.2 Å². The van der Waals surface area contributed by atoms with Crippen LogP contribution >= 0.6 is 0 Å². The van der Waals surface area contributed by atoms with Crippen molar-refractivity contribution in [2.45, 2.75) is 60.5 Å². The first-order valence-corrected chi connectivity index (χ1v) is 14.4. The van der Waals surface area contributed by atoms with E-state index in [1.807, 2.05) is 56.6 Å². The molecule has 1 aliphatic heterocycles. The lowest BCUT2D eigenvalue weighted by molar-refractivity contribution is -0.136. The summed E-state index contributed by atoms with van der Waals surface area (Å²) in [6.07, 6.45) is 7.20. The van der Waals surface area contributed by atoms with Gasteiger partial charge in [-0.25, -0.2) is 0 Å². The van der Waals surface area contributed by atoms with Gasteiger partial charge in [-0.3, -0.25) is 24.3 Å². The Bertz CT molecular complexity index is 1720. The van der Waals surface area contributed by atoms with Crippen LogP contribution in [0.5, 0.6) is 0 Å². The van der Waals surface area contributed by atoms with Crippen LogP contribution in [-0.4, -0.2) is 46.4 Å². The molecule has 0 unspecified atom stereocenters. The SMILES string of the molecule is Cc1ccncc1CN(CCCc1ccc2c(c1)N(C)C(=O)C(C)(C)C(=O)N2)CCn1ccc2oc(C)c(C)c2c1=O. The number of fused-ring (bicyclic) bond motifs is 2. The zero-order valence-corrected chi connectivity index (χ0v) is 25.3. The van der Waals surface area contributed by atoms with Crippen molar-refractivity contribution in [3.8, 4) is 0 Å². The molecule has 0 spiro atoms. The minimum Gasteiger partial charge on any atom is -0.461 e. The lowest BCUT2D eigenvalue weighted by Crippen LogP contribution is -2.43. The largest absolute Gasteiger partial charge is 0.461 e. The van der Waals surface area contributed by atoms with Crippen molar-refractivity contribution < 1.29 is 14.0 Å². The van der Waals surface area contributed by atoms with Gasteiger partial charge < -0.3 is 19.2 Å². The zero-order valence-electron chi connectivity index (χ0n) is 25.3. The van der Waals surface area contributed by atoms with E-state index in [1.54, 1.807) is 36.6 Å². The highest BCUT2D eigenvalue weighted by molar-refractivity contribution is 6.19. The van der Waals surface area contributed by atoms with E-state index >= 15 is 0 Å². The van der Waals surface area contributed by atoms with E-state index < -0.39 is 5.41 Å². The van der Waals surface area contributed by atoms with Gasteiger partial charge in [-0.15, -0.1) is 0 Å². The van der Waals surface area contributed by atoms with Crippen LogP contribution in [0.3, 0.4) is 0 Å². The molecule has 0 saturated carbocycles. The smallest absolute Gasteiger partial charge is 0.262 e. The number of anilines is 2. The van der Waals surface area contributed by atoms with Crippen LogP contribution in [0.4, 0.5) is 11.4 Å². The summed E-state index contributed by atoms with van der Waals surface area (Å²) in [4.78, 5) is 47.1. The molecule has 1 aliphatic rings. The van der Waals surface area contributed by atoms with E-state index in [-0.39, 0.29) is 17.4 Å². The molecule has 0 saturated heterocycles. The van der Waals surface area contributed by atoms with Gasteiger partial charge in [0.1, 0.15) is 16.8 Å². The number of hydrogen-bond acceptors (Lipinski definition) is 6. The van der Waals surface area contributed by atoms with Crippen molar-refractivity contribution >= 4 is 34.2 Å². The third-order valence-corrected chi connectivity index (χ3v) is 8.51.